The highest BCUT2D eigenvalue weighted by Gasteiger charge is 2.18. The number of aromatic hydroxyl groups is 1. The number of hydrogen-bond acceptors (Lipinski definition) is 3. The lowest BCUT2D eigenvalue weighted by Crippen LogP contribution is -1.92. The number of hydrogen-bond donors (Lipinski definition) is 3. The highest BCUT2D eigenvalue weighted by molar-refractivity contribution is 9.10. The van der Waals surface area contributed by atoms with Gasteiger partial charge in [0.05, 0.1) is 10.2 Å². The minimum Gasteiger partial charge on any atom is -0.504 e. The van der Waals surface area contributed by atoms with Gasteiger partial charge in [0.15, 0.2) is 11.6 Å². The van der Waals surface area contributed by atoms with Crippen molar-refractivity contribution >= 4 is 21.7 Å². The van der Waals surface area contributed by atoms with Crippen LogP contribution in [0, 0.1) is 11.6 Å². The Kier molecular flexibility index (Phi) is 2.55. The molecule has 2 aromatic rings. The number of aromatic nitrogens is 2. The number of nitrogen functional groups attached to an aromatic ring is 1. The zero-order valence-corrected chi connectivity index (χ0v) is 9.35. The number of benzene rings is 1. The van der Waals surface area contributed by atoms with Gasteiger partial charge in [0.2, 0.25) is 5.82 Å². The molecule has 0 amide bonds. The maximum Gasteiger partial charge on any atom is 0.202 e. The van der Waals surface area contributed by atoms with E-state index in [9.17, 15) is 8.78 Å². The first-order valence-corrected chi connectivity index (χ1v) is 4.97. The second-order valence-corrected chi connectivity index (χ2v) is 3.94. The van der Waals surface area contributed by atoms with Gasteiger partial charge in [-0.1, -0.05) is 0 Å². The van der Waals surface area contributed by atoms with E-state index in [0.717, 1.165) is 0 Å². The molecule has 2 rings (SSSR count). The number of nitrogens with zero attached hydrogens (tertiary/aromatic N) is 1. The van der Waals surface area contributed by atoms with Gasteiger partial charge in [-0.2, -0.15) is 9.49 Å². The van der Waals surface area contributed by atoms with E-state index in [-0.39, 0.29) is 21.5 Å². The molecule has 1 heterocycles. The number of phenolic OH excluding ortho intramolecular Hbond substituents is 1. The van der Waals surface area contributed by atoms with Crippen LogP contribution in [0.5, 0.6) is 5.75 Å². The molecule has 1 aromatic carbocycles. The van der Waals surface area contributed by atoms with Crippen LogP contribution < -0.4 is 5.73 Å². The number of H-pyrrole nitrogens is 1. The van der Waals surface area contributed by atoms with Crippen LogP contribution in [0.25, 0.3) is 11.3 Å². The Bertz CT molecular complexity index is 556. The quantitative estimate of drug-likeness (QED) is 0.706. The van der Waals surface area contributed by atoms with Crippen LogP contribution in [0.1, 0.15) is 0 Å². The Labute approximate surface area is 97.2 Å². The molecule has 16 heavy (non-hydrogen) atoms. The van der Waals surface area contributed by atoms with Crippen LogP contribution in [0.15, 0.2) is 16.6 Å². The number of halogens is 3. The summed E-state index contributed by atoms with van der Waals surface area (Å²) in [6.45, 7) is 0. The number of anilines is 1. The highest BCUT2D eigenvalue weighted by Crippen LogP contribution is 2.35. The summed E-state index contributed by atoms with van der Waals surface area (Å²) in [6, 6.07) is 2.60. The fourth-order valence-corrected chi connectivity index (χ4v) is 1.66. The smallest absolute Gasteiger partial charge is 0.202 e. The first-order chi connectivity index (χ1) is 7.50. The highest BCUT2D eigenvalue weighted by atomic mass is 79.9. The number of nitrogens with one attached hydrogen (secondary N) is 1. The Morgan fingerprint density at radius 1 is 1.31 bits per heavy atom. The second-order valence-electron chi connectivity index (χ2n) is 3.09. The van der Waals surface area contributed by atoms with Crippen molar-refractivity contribution in [2.45, 2.75) is 0 Å². The monoisotopic (exact) mass is 289 g/mol. The topological polar surface area (TPSA) is 74.9 Å². The Morgan fingerprint density at radius 2 is 2.00 bits per heavy atom. The molecule has 0 radical (unpaired) electrons. The first kappa shape index (κ1) is 10.9. The minimum absolute atomic E-state index is 0.0505. The summed E-state index contributed by atoms with van der Waals surface area (Å²) in [4.78, 5) is 0. The molecule has 0 aliphatic rings. The van der Waals surface area contributed by atoms with Gasteiger partial charge in [-0.05, 0) is 22.0 Å². The molecule has 84 valence electrons. The summed E-state index contributed by atoms with van der Waals surface area (Å²) in [5.41, 5.74) is 5.52. The maximum atomic E-state index is 13.5. The number of phenols is 1. The predicted octanol–water partition coefficient (Wildman–Crippen LogP) is 2.41. The van der Waals surface area contributed by atoms with Crippen molar-refractivity contribution in [2.75, 3.05) is 5.73 Å². The second kappa shape index (κ2) is 3.75. The van der Waals surface area contributed by atoms with Crippen molar-refractivity contribution in [3.63, 3.8) is 0 Å². The predicted molar refractivity (Wildman–Crippen MR) is 57.7 cm³/mol. The van der Waals surface area contributed by atoms with Crippen molar-refractivity contribution in [1.29, 1.82) is 0 Å². The number of aromatic amines is 1. The van der Waals surface area contributed by atoms with Crippen molar-refractivity contribution in [3.8, 4) is 17.0 Å². The van der Waals surface area contributed by atoms with Crippen LogP contribution in [0.2, 0.25) is 0 Å². The van der Waals surface area contributed by atoms with Crippen molar-refractivity contribution in [1.82, 2.24) is 10.2 Å². The van der Waals surface area contributed by atoms with Gasteiger partial charge < -0.3 is 10.8 Å². The summed E-state index contributed by atoms with van der Waals surface area (Å²) >= 11 is 2.91. The molecule has 7 heteroatoms. The zero-order chi connectivity index (χ0) is 11.9. The third-order valence-electron chi connectivity index (χ3n) is 2.02. The summed E-state index contributed by atoms with van der Waals surface area (Å²) in [5, 5.41) is 15.2. The van der Waals surface area contributed by atoms with Crippen LogP contribution >= 0.6 is 15.9 Å². The van der Waals surface area contributed by atoms with Crippen LogP contribution in [0.4, 0.5) is 14.6 Å². The van der Waals surface area contributed by atoms with Crippen molar-refractivity contribution < 1.29 is 13.9 Å². The summed E-state index contributed by atoms with van der Waals surface area (Å²) in [5.74, 6) is -3.09. The Balaban J connectivity index is 2.66. The van der Waals surface area contributed by atoms with Crippen molar-refractivity contribution in [3.05, 3.63) is 28.2 Å². The molecule has 0 spiro atoms. The van der Waals surface area contributed by atoms with E-state index in [4.69, 9.17) is 10.8 Å². The minimum atomic E-state index is -1.32. The Hall–Kier alpha value is -1.63. The maximum absolute atomic E-state index is 13.5. The van der Waals surface area contributed by atoms with E-state index in [1.54, 1.807) is 0 Å². The molecule has 0 atom stereocenters. The lowest BCUT2D eigenvalue weighted by Gasteiger charge is -2.05. The fourth-order valence-electron chi connectivity index (χ4n) is 1.26. The molecule has 0 saturated carbocycles. The molecular weight excluding hydrogens is 284 g/mol. The summed E-state index contributed by atoms with van der Waals surface area (Å²) in [6.07, 6.45) is 0. The molecule has 0 unspecified atom stereocenters. The largest absolute Gasteiger partial charge is 0.504 e. The third kappa shape index (κ3) is 1.63. The molecule has 0 fully saturated rings. The van der Waals surface area contributed by atoms with E-state index in [0.29, 0.717) is 0 Å². The van der Waals surface area contributed by atoms with Gasteiger partial charge in [-0.15, -0.1) is 0 Å². The lowest BCUT2D eigenvalue weighted by molar-refractivity contribution is 0.405. The third-order valence-corrected chi connectivity index (χ3v) is 2.63. The van der Waals surface area contributed by atoms with E-state index in [1.165, 1.54) is 12.1 Å². The SMILES string of the molecule is Nc1cc(-c2cc(Br)c(O)c(F)c2F)[nH]n1. The summed E-state index contributed by atoms with van der Waals surface area (Å²) in [7, 11) is 0. The van der Waals surface area contributed by atoms with Crippen LogP contribution in [0.3, 0.4) is 0 Å². The van der Waals surface area contributed by atoms with Crippen LogP contribution in [-0.2, 0) is 0 Å². The molecule has 4 N–H and O–H groups in total. The lowest BCUT2D eigenvalue weighted by atomic mass is 10.1. The van der Waals surface area contributed by atoms with Gasteiger partial charge in [0, 0.05) is 11.6 Å². The van der Waals surface area contributed by atoms with E-state index in [2.05, 4.69) is 26.1 Å². The zero-order valence-electron chi connectivity index (χ0n) is 7.76. The Morgan fingerprint density at radius 3 is 2.56 bits per heavy atom. The molecule has 0 bridgehead atoms. The molecular formula is C9H6BrF2N3O. The van der Waals surface area contributed by atoms with Gasteiger partial charge >= 0.3 is 0 Å². The molecule has 4 nitrogen and oxygen atoms in total. The standard InChI is InChI=1S/C9H6BrF2N3O/c10-4-1-3(5-2-6(13)15-14-5)7(11)8(12)9(4)16/h1-2,16H,(H3,13,14,15). The number of rotatable bonds is 1. The van der Waals surface area contributed by atoms with E-state index in [1.807, 2.05) is 0 Å². The molecule has 0 saturated heterocycles. The van der Waals surface area contributed by atoms with Gasteiger partial charge in [-0.25, -0.2) is 4.39 Å². The van der Waals surface area contributed by atoms with Gasteiger partial charge in [-0.3, -0.25) is 5.10 Å². The average molecular weight is 290 g/mol. The van der Waals surface area contributed by atoms with E-state index < -0.39 is 17.4 Å². The molecule has 0 aliphatic carbocycles. The summed E-state index contributed by atoms with van der Waals surface area (Å²) < 4.78 is 26.8. The normalized spacial score (nSPS) is 10.7. The van der Waals surface area contributed by atoms with Gasteiger partial charge in [0.1, 0.15) is 5.82 Å². The number of nitrogens with two attached hydrogens (primary N) is 1. The fraction of sp³-hybridized carbons (Fsp3) is 0. The first-order valence-electron chi connectivity index (χ1n) is 4.18. The average Bonchev–Trinajstić information content (AvgIpc) is 2.67. The molecule has 0 aliphatic heterocycles. The van der Waals surface area contributed by atoms with E-state index >= 15 is 0 Å². The van der Waals surface area contributed by atoms with Gasteiger partial charge in [0.25, 0.3) is 0 Å². The van der Waals surface area contributed by atoms with Crippen LogP contribution in [-0.4, -0.2) is 15.3 Å². The molecule has 1 aromatic heterocycles. The van der Waals surface area contributed by atoms with Crippen molar-refractivity contribution in [2.24, 2.45) is 0 Å².